The van der Waals surface area contributed by atoms with Crippen LogP contribution in [-0.2, 0) is 5.41 Å². The summed E-state index contributed by atoms with van der Waals surface area (Å²) < 4.78 is 0. The van der Waals surface area contributed by atoms with Crippen LogP contribution in [0.5, 0.6) is 0 Å². The molecule has 2 nitrogen and oxygen atoms in total. The van der Waals surface area contributed by atoms with Gasteiger partial charge in [0.1, 0.15) is 0 Å². The second-order valence-electron chi connectivity index (χ2n) is 6.81. The quantitative estimate of drug-likeness (QED) is 0.835. The van der Waals surface area contributed by atoms with Crippen molar-refractivity contribution in [3.05, 3.63) is 35.4 Å². The van der Waals surface area contributed by atoms with Crippen molar-refractivity contribution in [3.63, 3.8) is 0 Å². The number of carbonyl (C=O) groups is 1. The Hall–Kier alpha value is -1.02. The van der Waals surface area contributed by atoms with Gasteiger partial charge < -0.3 is 5.32 Å². The predicted molar refractivity (Wildman–Crippen MR) is 84.5 cm³/mol. The van der Waals surface area contributed by atoms with Gasteiger partial charge in [-0.25, -0.2) is 0 Å². The van der Waals surface area contributed by atoms with Crippen LogP contribution in [0.3, 0.4) is 0 Å². The molecule has 3 heteroatoms. The molecular formula is C17H24ClNO. The first-order chi connectivity index (χ1) is 9.36. The lowest BCUT2D eigenvalue weighted by Crippen LogP contribution is -2.28. The fourth-order valence-electron chi connectivity index (χ4n) is 2.66. The molecule has 0 radical (unpaired) electrons. The van der Waals surface area contributed by atoms with Crippen LogP contribution in [0.15, 0.2) is 24.3 Å². The number of benzene rings is 1. The van der Waals surface area contributed by atoms with E-state index in [1.807, 2.05) is 24.3 Å². The van der Waals surface area contributed by atoms with Gasteiger partial charge in [-0.05, 0) is 48.3 Å². The van der Waals surface area contributed by atoms with Crippen LogP contribution in [0.1, 0.15) is 56.0 Å². The predicted octanol–water partition coefficient (Wildman–Crippen LogP) is 4.12. The number of halogens is 1. The Kier molecular flexibility index (Phi) is 4.74. The largest absolute Gasteiger partial charge is 0.352 e. The summed E-state index contributed by atoms with van der Waals surface area (Å²) in [5, 5.41) is 3.32. The highest BCUT2D eigenvalue weighted by Crippen LogP contribution is 2.28. The Balaban J connectivity index is 1.89. The van der Waals surface area contributed by atoms with Crippen LogP contribution >= 0.6 is 11.6 Å². The van der Waals surface area contributed by atoms with E-state index in [1.54, 1.807) is 0 Å². The van der Waals surface area contributed by atoms with Crippen LogP contribution in [-0.4, -0.2) is 17.8 Å². The standard InChI is InChI=1S/C17H24ClNO/c1-17(2,3)14-7-5-13(6-8-14)16(20)19-11-12-4-9-15(18)10-12/h5-8,12,15H,4,9-11H2,1-3H3,(H,19,20). The number of alkyl halides is 1. The summed E-state index contributed by atoms with van der Waals surface area (Å²) in [5.74, 6) is 0.554. The zero-order valence-electron chi connectivity index (χ0n) is 12.6. The maximum absolute atomic E-state index is 12.1. The van der Waals surface area contributed by atoms with Gasteiger partial charge in [0.2, 0.25) is 0 Å². The topological polar surface area (TPSA) is 29.1 Å². The molecule has 0 aliphatic heterocycles. The molecule has 20 heavy (non-hydrogen) atoms. The lowest BCUT2D eigenvalue weighted by Gasteiger charge is -2.19. The van der Waals surface area contributed by atoms with Gasteiger partial charge in [0.25, 0.3) is 5.91 Å². The van der Waals surface area contributed by atoms with Gasteiger partial charge in [-0.2, -0.15) is 0 Å². The smallest absolute Gasteiger partial charge is 0.251 e. The number of rotatable bonds is 3. The van der Waals surface area contributed by atoms with E-state index < -0.39 is 0 Å². The van der Waals surface area contributed by atoms with E-state index in [2.05, 4.69) is 26.1 Å². The average molecular weight is 294 g/mol. The Morgan fingerprint density at radius 2 is 1.90 bits per heavy atom. The SMILES string of the molecule is CC(C)(C)c1ccc(C(=O)NCC2CCC(Cl)C2)cc1. The fourth-order valence-corrected chi connectivity index (χ4v) is 3.04. The molecule has 110 valence electrons. The fraction of sp³-hybridized carbons (Fsp3) is 0.588. The van der Waals surface area contributed by atoms with Crippen LogP contribution in [0.2, 0.25) is 0 Å². The minimum Gasteiger partial charge on any atom is -0.352 e. The molecule has 1 amide bonds. The van der Waals surface area contributed by atoms with Gasteiger partial charge in [-0.3, -0.25) is 4.79 Å². The second-order valence-corrected chi connectivity index (χ2v) is 7.43. The minimum atomic E-state index is 0.0171. The van der Waals surface area contributed by atoms with Crippen molar-refractivity contribution in [2.45, 2.75) is 50.8 Å². The maximum Gasteiger partial charge on any atom is 0.251 e. The third-order valence-electron chi connectivity index (χ3n) is 4.04. The zero-order chi connectivity index (χ0) is 14.8. The van der Waals surface area contributed by atoms with Gasteiger partial charge in [0.15, 0.2) is 0 Å². The van der Waals surface area contributed by atoms with Crippen molar-refractivity contribution in [2.24, 2.45) is 5.92 Å². The van der Waals surface area contributed by atoms with Gasteiger partial charge in [0.05, 0.1) is 0 Å². The van der Waals surface area contributed by atoms with E-state index in [1.165, 1.54) is 5.56 Å². The molecule has 1 aromatic carbocycles. The summed E-state index contributed by atoms with van der Waals surface area (Å²) >= 11 is 6.09. The maximum atomic E-state index is 12.1. The first-order valence-electron chi connectivity index (χ1n) is 7.39. The number of amides is 1. The van der Waals surface area contributed by atoms with Crippen molar-refractivity contribution in [3.8, 4) is 0 Å². The van der Waals surface area contributed by atoms with Gasteiger partial charge in [-0.1, -0.05) is 32.9 Å². The molecule has 1 aliphatic rings. The normalized spacial score (nSPS) is 22.8. The summed E-state index contributed by atoms with van der Waals surface area (Å²) in [6, 6.07) is 7.91. The molecule has 0 bridgehead atoms. The van der Waals surface area contributed by atoms with Gasteiger partial charge >= 0.3 is 0 Å². The summed E-state index contributed by atoms with van der Waals surface area (Å²) in [6.45, 7) is 7.25. The molecule has 1 aliphatic carbocycles. The zero-order valence-corrected chi connectivity index (χ0v) is 13.3. The molecule has 1 N–H and O–H groups in total. The summed E-state index contributed by atoms with van der Waals surface area (Å²) in [7, 11) is 0. The number of nitrogens with one attached hydrogen (secondary N) is 1. The first kappa shape index (κ1) is 15.4. The molecule has 1 saturated carbocycles. The van der Waals surface area contributed by atoms with Gasteiger partial charge in [0, 0.05) is 17.5 Å². The Labute approximate surface area is 126 Å². The highest BCUT2D eigenvalue weighted by Gasteiger charge is 2.23. The van der Waals surface area contributed by atoms with E-state index >= 15 is 0 Å². The average Bonchev–Trinajstić information content (AvgIpc) is 2.81. The highest BCUT2D eigenvalue weighted by atomic mass is 35.5. The monoisotopic (exact) mass is 293 g/mol. The van der Waals surface area contributed by atoms with E-state index in [-0.39, 0.29) is 11.3 Å². The van der Waals surface area contributed by atoms with Crippen LogP contribution in [0, 0.1) is 5.92 Å². The van der Waals surface area contributed by atoms with Crippen LogP contribution in [0.25, 0.3) is 0 Å². The minimum absolute atomic E-state index is 0.0171. The lowest BCUT2D eigenvalue weighted by molar-refractivity contribution is 0.0947. The highest BCUT2D eigenvalue weighted by molar-refractivity contribution is 6.20. The molecule has 1 aromatic rings. The molecule has 0 heterocycles. The molecule has 0 saturated heterocycles. The third kappa shape index (κ3) is 3.99. The van der Waals surface area contributed by atoms with Crippen molar-refractivity contribution in [1.29, 1.82) is 0 Å². The summed E-state index contributed by atoms with van der Waals surface area (Å²) in [6.07, 6.45) is 3.21. The van der Waals surface area contributed by atoms with Crippen molar-refractivity contribution < 1.29 is 4.79 Å². The molecule has 0 spiro atoms. The van der Waals surface area contributed by atoms with Crippen molar-refractivity contribution in [1.82, 2.24) is 5.32 Å². The van der Waals surface area contributed by atoms with Gasteiger partial charge in [-0.15, -0.1) is 11.6 Å². The van der Waals surface area contributed by atoms with Crippen molar-refractivity contribution >= 4 is 17.5 Å². The van der Waals surface area contributed by atoms with Crippen LogP contribution in [0.4, 0.5) is 0 Å². The van der Waals surface area contributed by atoms with Crippen LogP contribution < -0.4 is 5.32 Å². The third-order valence-corrected chi connectivity index (χ3v) is 4.44. The molecule has 2 atom stereocenters. The Morgan fingerprint density at radius 1 is 1.25 bits per heavy atom. The Bertz CT molecular complexity index is 461. The summed E-state index contributed by atoms with van der Waals surface area (Å²) in [5.41, 5.74) is 2.10. The van der Waals surface area contributed by atoms with Crippen molar-refractivity contribution in [2.75, 3.05) is 6.54 Å². The molecular weight excluding hydrogens is 270 g/mol. The van der Waals surface area contributed by atoms with E-state index in [9.17, 15) is 4.79 Å². The number of carbonyl (C=O) groups excluding carboxylic acids is 1. The number of hydrogen-bond donors (Lipinski definition) is 1. The Morgan fingerprint density at radius 3 is 2.40 bits per heavy atom. The number of hydrogen-bond acceptors (Lipinski definition) is 1. The molecule has 1 fully saturated rings. The summed E-state index contributed by atoms with van der Waals surface area (Å²) in [4.78, 5) is 12.1. The molecule has 2 rings (SSSR count). The first-order valence-corrected chi connectivity index (χ1v) is 7.82. The van der Waals surface area contributed by atoms with E-state index in [0.717, 1.165) is 31.4 Å². The molecule has 2 unspecified atom stereocenters. The lowest BCUT2D eigenvalue weighted by atomic mass is 9.87. The molecule has 0 aromatic heterocycles. The van der Waals surface area contributed by atoms with E-state index in [4.69, 9.17) is 11.6 Å². The second kappa shape index (κ2) is 6.17. The van der Waals surface area contributed by atoms with E-state index in [0.29, 0.717) is 11.3 Å².